The number of nitrogens with zero attached hydrogens (tertiary/aromatic N) is 2. The SMILES string of the molecule is Cc1noc(C)c1/C=C/c1ccc2cc(C(=O)O)ccc2n1. The van der Waals surface area contributed by atoms with Gasteiger partial charge in [0.25, 0.3) is 0 Å². The van der Waals surface area contributed by atoms with Crippen LogP contribution < -0.4 is 0 Å². The summed E-state index contributed by atoms with van der Waals surface area (Å²) in [6.45, 7) is 3.75. The molecule has 0 aliphatic heterocycles. The van der Waals surface area contributed by atoms with E-state index in [1.165, 1.54) is 0 Å². The molecule has 0 spiro atoms. The lowest BCUT2D eigenvalue weighted by Crippen LogP contribution is -1.95. The number of rotatable bonds is 3. The van der Waals surface area contributed by atoms with Gasteiger partial charge < -0.3 is 9.63 Å². The molecular formula is C17H14N2O3. The van der Waals surface area contributed by atoms with Gasteiger partial charge in [0, 0.05) is 10.9 Å². The molecule has 0 saturated carbocycles. The first kappa shape index (κ1) is 14.0. The monoisotopic (exact) mass is 294 g/mol. The molecule has 0 fully saturated rings. The van der Waals surface area contributed by atoms with Crippen LogP contribution in [0.5, 0.6) is 0 Å². The second-order valence-electron chi connectivity index (χ2n) is 5.02. The maximum atomic E-state index is 11.0. The highest BCUT2D eigenvalue weighted by atomic mass is 16.5. The van der Waals surface area contributed by atoms with E-state index in [1.54, 1.807) is 18.2 Å². The van der Waals surface area contributed by atoms with Crippen molar-refractivity contribution in [3.63, 3.8) is 0 Å². The van der Waals surface area contributed by atoms with Crippen molar-refractivity contribution in [2.75, 3.05) is 0 Å². The molecule has 0 bridgehead atoms. The van der Waals surface area contributed by atoms with E-state index in [9.17, 15) is 4.79 Å². The second kappa shape index (κ2) is 5.44. The van der Waals surface area contributed by atoms with Gasteiger partial charge in [0.1, 0.15) is 5.76 Å². The maximum absolute atomic E-state index is 11.0. The summed E-state index contributed by atoms with van der Waals surface area (Å²) in [5, 5.41) is 13.7. The molecule has 0 aliphatic rings. The normalized spacial score (nSPS) is 11.4. The largest absolute Gasteiger partial charge is 0.478 e. The molecule has 0 unspecified atom stereocenters. The number of carboxylic acids is 1. The van der Waals surface area contributed by atoms with Crippen LogP contribution in [0.2, 0.25) is 0 Å². The molecule has 0 amide bonds. The number of carboxylic acid groups (broad SMARTS) is 1. The Hall–Kier alpha value is -2.95. The third kappa shape index (κ3) is 2.61. The summed E-state index contributed by atoms with van der Waals surface area (Å²) in [7, 11) is 0. The summed E-state index contributed by atoms with van der Waals surface area (Å²) in [6.07, 6.45) is 3.80. The number of benzene rings is 1. The van der Waals surface area contributed by atoms with Gasteiger partial charge in [0.2, 0.25) is 0 Å². The van der Waals surface area contributed by atoms with Gasteiger partial charge in [0.05, 0.1) is 22.5 Å². The lowest BCUT2D eigenvalue weighted by Gasteiger charge is -2.01. The molecule has 3 aromatic rings. The lowest BCUT2D eigenvalue weighted by molar-refractivity contribution is 0.0697. The zero-order valence-corrected chi connectivity index (χ0v) is 12.2. The first-order chi connectivity index (χ1) is 10.5. The van der Waals surface area contributed by atoms with E-state index in [1.807, 2.05) is 38.1 Å². The van der Waals surface area contributed by atoms with Crippen LogP contribution in [0, 0.1) is 13.8 Å². The van der Waals surface area contributed by atoms with Gasteiger partial charge in [-0.3, -0.25) is 0 Å². The van der Waals surface area contributed by atoms with Crippen molar-refractivity contribution >= 4 is 29.0 Å². The highest BCUT2D eigenvalue weighted by Crippen LogP contribution is 2.18. The Kier molecular flexibility index (Phi) is 3.47. The minimum absolute atomic E-state index is 0.258. The molecule has 22 heavy (non-hydrogen) atoms. The van der Waals surface area contributed by atoms with Gasteiger partial charge in [-0.25, -0.2) is 9.78 Å². The minimum Gasteiger partial charge on any atom is -0.478 e. The molecule has 5 nitrogen and oxygen atoms in total. The molecule has 2 heterocycles. The van der Waals surface area contributed by atoms with E-state index in [4.69, 9.17) is 9.63 Å². The Bertz CT molecular complexity index is 875. The molecule has 110 valence electrons. The lowest BCUT2D eigenvalue weighted by atomic mass is 10.1. The van der Waals surface area contributed by atoms with Crippen LogP contribution in [0.15, 0.2) is 34.9 Å². The number of hydrogen-bond acceptors (Lipinski definition) is 4. The highest BCUT2D eigenvalue weighted by Gasteiger charge is 2.06. The number of aromatic carboxylic acids is 1. The van der Waals surface area contributed by atoms with Crippen molar-refractivity contribution in [1.82, 2.24) is 10.1 Å². The number of aromatic nitrogens is 2. The summed E-state index contributed by atoms with van der Waals surface area (Å²) in [5.41, 5.74) is 3.58. The predicted octanol–water partition coefficient (Wildman–Crippen LogP) is 3.71. The van der Waals surface area contributed by atoms with Gasteiger partial charge >= 0.3 is 5.97 Å². The van der Waals surface area contributed by atoms with E-state index in [-0.39, 0.29) is 5.56 Å². The zero-order valence-electron chi connectivity index (χ0n) is 12.2. The van der Waals surface area contributed by atoms with Crippen molar-refractivity contribution in [2.45, 2.75) is 13.8 Å². The summed E-state index contributed by atoms with van der Waals surface area (Å²) in [4.78, 5) is 15.5. The quantitative estimate of drug-likeness (QED) is 0.797. The minimum atomic E-state index is -0.940. The van der Waals surface area contributed by atoms with Gasteiger partial charge in [-0.15, -0.1) is 0 Å². The van der Waals surface area contributed by atoms with Crippen LogP contribution >= 0.6 is 0 Å². The van der Waals surface area contributed by atoms with Gasteiger partial charge in [0.15, 0.2) is 0 Å². The third-order valence-electron chi connectivity index (χ3n) is 3.47. The van der Waals surface area contributed by atoms with Gasteiger partial charge in [-0.05, 0) is 50.3 Å². The van der Waals surface area contributed by atoms with Gasteiger partial charge in [-0.1, -0.05) is 11.2 Å². The number of hydrogen-bond donors (Lipinski definition) is 1. The molecule has 0 atom stereocenters. The summed E-state index contributed by atoms with van der Waals surface area (Å²) in [6, 6.07) is 8.60. The Labute approximate surface area is 126 Å². The predicted molar refractivity (Wildman–Crippen MR) is 83.6 cm³/mol. The van der Waals surface area contributed by atoms with Crippen LogP contribution in [0.3, 0.4) is 0 Å². The number of carbonyl (C=O) groups is 1. The van der Waals surface area contributed by atoms with Crippen LogP contribution in [0.4, 0.5) is 0 Å². The van der Waals surface area contributed by atoms with Crippen molar-refractivity contribution in [2.24, 2.45) is 0 Å². The van der Waals surface area contributed by atoms with Crippen molar-refractivity contribution in [3.8, 4) is 0 Å². The summed E-state index contributed by atoms with van der Waals surface area (Å²) in [5.74, 6) is -0.176. The van der Waals surface area contributed by atoms with Crippen molar-refractivity contribution in [3.05, 3.63) is 58.6 Å². The fourth-order valence-electron chi connectivity index (χ4n) is 2.26. The topological polar surface area (TPSA) is 76.2 Å². The third-order valence-corrected chi connectivity index (χ3v) is 3.47. The van der Waals surface area contributed by atoms with Crippen molar-refractivity contribution in [1.29, 1.82) is 0 Å². The Morgan fingerprint density at radius 3 is 2.68 bits per heavy atom. The molecule has 0 saturated heterocycles. The van der Waals surface area contributed by atoms with Crippen LogP contribution in [0.25, 0.3) is 23.1 Å². The Morgan fingerprint density at radius 2 is 2.00 bits per heavy atom. The Morgan fingerprint density at radius 1 is 1.18 bits per heavy atom. The van der Waals surface area contributed by atoms with Crippen LogP contribution in [-0.2, 0) is 0 Å². The molecule has 1 N–H and O–H groups in total. The fraction of sp³-hybridized carbons (Fsp3) is 0.118. The molecule has 3 rings (SSSR count). The maximum Gasteiger partial charge on any atom is 0.335 e. The molecule has 0 radical (unpaired) electrons. The first-order valence-electron chi connectivity index (χ1n) is 6.79. The summed E-state index contributed by atoms with van der Waals surface area (Å²) >= 11 is 0. The molecule has 0 aliphatic carbocycles. The molecular weight excluding hydrogens is 280 g/mol. The van der Waals surface area contributed by atoms with E-state index in [0.29, 0.717) is 0 Å². The van der Waals surface area contributed by atoms with E-state index >= 15 is 0 Å². The average Bonchev–Trinajstić information content (AvgIpc) is 2.83. The van der Waals surface area contributed by atoms with E-state index < -0.39 is 5.97 Å². The fourth-order valence-corrected chi connectivity index (χ4v) is 2.26. The van der Waals surface area contributed by atoms with Crippen molar-refractivity contribution < 1.29 is 14.4 Å². The number of fused-ring (bicyclic) bond motifs is 1. The molecule has 5 heteroatoms. The number of pyridine rings is 1. The zero-order chi connectivity index (χ0) is 15.7. The standard InChI is InChI=1S/C17H14N2O3/c1-10-15(11(2)22-19-10)7-6-14-5-3-12-9-13(17(20)21)4-8-16(12)18-14/h3-9H,1-2H3,(H,20,21)/b7-6+. The van der Waals surface area contributed by atoms with Crippen LogP contribution in [0.1, 0.15) is 33.1 Å². The first-order valence-corrected chi connectivity index (χ1v) is 6.79. The van der Waals surface area contributed by atoms with E-state index in [0.717, 1.165) is 33.6 Å². The molecule has 1 aromatic carbocycles. The summed E-state index contributed by atoms with van der Waals surface area (Å²) < 4.78 is 5.11. The Balaban J connectivity index is 1.95. The number of aryl methyl sites for hydroxylation is 2. The molecule has 2 aromatic heterocycles. The van der Waals surface area contributed by atoms with Gasteiger partial charge in [-0.2, -0.15) is 0 Å². The van der Waals surface area contributed by atoms with Crippen LogP contribution in [-0.4, -0.2) is 21.2 Å². The highest BCUT2D eigenvalue weighted by molar-refractivity contribution is 5.93. The second-order valence-corrected chi connectivity index (χ2v) is 5.02. The average molecular weight is 294 g/mol. The smallest absolute Gasteiger partial charge is 0.335 e. The van der Waals surface area contributed by atoms with E-state index in [2.05, 4.69) is 10.1 Å².